The van der Waals surface area contributed by atoms with Gasteiger partial charge in [0.15, 0.2) is 0 Å². The minimum atomic E-state index is -2.54. The Morgan fingerprint density at radius 1 is 1.59 bits per heavy atom. The highest BCUT2D eigenvalue weighted by Gasteiger charge is 2.17. The molecule has 3 nitrogen and oxygen atoms in total. The maximum Gasteiger partial charge on any atom is 0.263 e. The Labute approximate surface area is 102 Å². The van der Waals surface area contributed by atoms with E-state index in [1.54, 1.807) is 6.07 Å². The van der Waals surface area contributed by atoms with E-state index >= 15 is 0 Å². The quantitative estimate of drug-likeness (QED) is 0.834. The standard InChI is InChI=1S/C11H11F2NO2S/c1-14(7-10(12)13)11(16)9-5-4-8(17-9)3-2-6-15/h4-5,10,15H,6-7H2,1H3. The molecule has 0 spiro atoms. The van der Waals surface area contributed by atoms with Crippen LogP contribution in [0.3, 0.4) is 0 Å². The van der Waals surface area contributed by atoms with E-state index in [9.17, 15) is 13.6 Å². The second kappa shape index (κ2) is 6.33. The van der Waals surface area contributed by atoms with Gasteiger partial charge in [-0.3, -0.25) is 4.79 Å². The van der Waals surface area contributed by atoms with Crippen LogP contribution in [0.1, 0.15) is 14.5 Å². The summed E-state index contributed by atoms with van der Waals surface area (Å²) in [5, 5.41) is 8.50. The molecule has 0 unspecified atom stereocenters. The molecule has 1 amide bonds. The van der Waals surface area contributed by atoms with Crippen LogP contribution in [-0.4, -0.2) is 42.5 Å². The smallest absolute Gasteiger partial charge is 0.263 e. The number of halogens is 2. The number of hydrogen-bond donors (Lipinski definition) is 1. The van der Waals surface area contributed by atoms with Crippen molar-refractivity contribution < 1.29 is 18.7 Å². The number of carbonyl (C=O) groups is 1. The molecule has 1 aromatic heterocycles. The summed E-state index contributed by atoms with van der Waals surface area (Å²) in [7, 11) is 1.33. The van der Waals surface area contributed by atoms with Gasteiger partial charge in [0, 0.05) is 7.05 Å². The Kier molecular flexibility index (Phi) is 5.07. The van der Waals surface area contributed by atoms with Crippen LogP contribution in [0, 0.1) is 11.8 Å². The van der Waals surface area contributed by atoms with Gasteiger partial charge >= 0.3 is 0 Å². The molecule has 17 heavy (non-hydrogen) atoms. The third kappa shape index (κ3) is 4.13. The van der Waals surface area contributed by atoms with Gasteiger partial charge in [0.25, 0.3) is 12.3 Å². The normalized spacial score (nSPS) is 9.94. The van der Waals surface area contributed by atoms with Gasteiger partial charge in [0.1, 0.15) is 6.61 Å². The zero-order valence-corrected chi connectivity index (χ0v) is 9.93. The van der Waals surface area contributed by atoms with E-state index in [0.29, 0.717) is 9.75 Å². The molecule has 0 aromatic carbocycles. The van der Waals surface area contributed by atoms with E-state index < -0.39 is 18.9 Å². The molecule has 0 aliphatic rings. The van der Waals surface area contributed by atoms with Crippen LogP contribution in [-0.2, 0) is 0 Å². The fourth-order valence-electron chi connectivity index (χ4n) is 1.12. The van der Waals surface area contributed by atoms with Crippen LogP contribution in [0.15, 0.2) is 12.1 Å². The van der Waals surface area contributed by atoms with Gasteiger partial charge < -0.3 is 10.0 Å². The molecule has 0 aliphatic heterocycles. The summed E-state index contributed by atoms with van der Waals surface area (Å²) >= 11 is 1.12. The third-order valence-corrected chi connectivity index (χ3v) is 2.85. The number of hydrogen-bond acceptors (Lipinski definition) is 3. The monoisotopic (exact) mass is 259 g/mol. The average Bonchev–Trinajstić information content (AvgIpc) is 2.72. The maximum atomic E-state index is 12.1. The highest BCUT2D eigenvalue weighted by molar-refractivity contribution is 7.14. The second-order valence-corrected chi connectivity index (χ2v) is 4.28. The topological polar surface area (TPSA) is 40.5 Å². The van der Waals surface area contributed by atoms with Gasteiger partial charge in [-0.05, 0) is 12.1 Å². The molecule has 0 fully saturated rings. The molecule has 92 valence electrons. The van der Waals surface area contributed by atoms with Gasteiger partial charge in [-0.25, -0.2) is 8.78 Å². The molecule has 0 aliphatic carbocycles. The first-order valence-corrected chi connectivity index (χ1v) is 5.59. The number of nitrogens with zero attached hydrogens (tertiary/aromatic N) is 1. The van der Waals surface area contributed by atoms with Crippen LogP contribution >= 0.6 is 11.3 Å². The summed E-state index contributed by atoms with van der Waals surface area (Å²) in [5.74, 6) is 4.65. The Morgan fingerprint density at radius 3 is 2.88 bits per heavy atom. The van der Waals surface area contributed by atoms with Crippen molar-refractivity contribution in [3.05, 3.63) is 21.9 Å². The molecular formula is C11H11F2NO2S. The predicted octanol–water partition coefficient (Wildman–Crippen LogP) is 1.43. The van der Waals surface area contributed by atoms with Crippen molar-refractivity contribution in [2.45, 2.75) is 6.43 Å². The first-order chi connectivity index (χ1) is 8.04. The van der Waals surface area contributed by atoms with Crippen molar-refractivity contribution in [3.8, 4) is 11.8 Å². The maximum absolute atomic E-state index is 12.1. The Bertz CT molecular complexity index is 448. The van der Waals surface area contributed by atoms with E-state index in [4.69, 9.17) is 5.11 Å². The summed E-state index contributed by atoms with van der Waals surface area (Å²) in [6.07, 6.45) is -2.54. The van der Waals surface area contributed by atoms with Crippen LogP contribution in [0.5, 0.6) is 0 Å². The number of rotatable bonds is 3. The van der Waals surface area contributed by atoms with Gasteiger partial charge in [-0.15, -0.1) is 11.3 Å². The third-order valence-electron chi connectivity index (χ3n) is 1.87. The Morgan fingerprint density at radius 2 is 2.29 bits per heavy atom. The first kappa shape index (κ1) is 13.6. The van der Waals surface area contributed by atoms with E-state index in [2.05, 4.69) is 11.8 Å². The summed E-state index contributed by atoms with van der Waals surface area (Å²) in [6.45, 7) is -0.846. The summed E-state index contributed by atoms with van der Waals surface area (Å²) < 4.78 is 24.2. The lowest BCUT2D eigenvalue weighted by Crippen LogP contribution is -2.30. The second-order valence-electron chi connectivity index (χ2n) is 3.20. The fraction of sp³-hybridized carbons (Fsp3) is 0.364. The van der Waals surface area contributed by atoms with E-state index in [1.807, 2.05) is 0 Å². The molecular weight excluding hydrogens is 248 g/mol. The van der Waals surface area contributed by atoms with Crippen molar-refractivity contribution >= 4 is 17.2 Å². The van der Waals surface area contributed by atoms with E-state index in [-0.39, 0.29) is 6.61 Å². The highest BCUT2D eigenvalue weighted by Crippen LogP contribution is 2.17. The molecule has 0 radical (unpaired) electrons. The summed E-state index contributed by atoms with van der Waals surface area (Å²) in [5.41, 5.74) is 0. The zero-order valence-electron chi connectivity index (χ0n) is 9.11. The Balaban J connectivity index is 2.72. The summed E-state index contributed by atoms with van der Waals surface area (Å²) in [4.78, 5) is 13.6. The minimum absolute atomic E-state index is 0.257. The molecule has 6 heteroatoms. The fourth-order valence-corrected chi connectivity index (χ4v) is 2.00. The zero-order chi connectivity index (χ0) is 12.8. The average molecular weight is 259 g/mol. The molecule has 0 saturated carbocycles. The highest BCUT2D eigenvalue weighted by atomic mass is 32.1. The van der Waals surface area contributed by atoms with Gasteiger partial charge in [0.2, 0.25) is 0 Å². The van der Waals surface area contributed by atoms with E-state index in [0.717, 1.165) is 16.2 Å². The lowest BCUT2D eigenvalue weighted by molar-refractivity contribution is 0.0624. The Hall–Kier alpha value is -1.45. The van der Waals surface area contributed by atoms with Crippen molar-refractivity contribution in [1.82, 2.24) is 4.90 Å². The number of carbonyl (C=O) groups excluding carboxylic acids is 1. The number of amides is 1. The van der Waals surface area contributed by atoms with Crippen LogP contribution in [0.2, 0.25) is 0 Å². The molecule has 0 atom stereocenters. The SMILES string of the molecule is CN(CC(F)F)C(=O)c1ccc(C#CCO)s1. The summed E-state index contributed by atoms with van der Waals surface area (Å²) in [6, 6.07) is 3.16. The molecule has 0 saturated heterocycles. The number of thiophene rings is 1. The van der Waals surface area contributed by atoms with Crippen molar-refractivity contribution in [1.29, 1.82) is 0 Å². The molecule has 1 heterocycles. The number of aliphatic hydroxyl groups is 1. The van der Waals surface area contributed by atoms with Crippen molar-refractivity contribution in [3.63, 3.8) is 0 Å². The van der Waals surface area contributed by atoms with Crippen LogP contribution in [0.4, 0.5) is 8.78 Å². The van der Waals surface area contributed by atoms with Crippen molar-refractivity contribution in [2.75, 3.05) is 20.2 Å². The van der Waals surface area contributed by atoms with Gasteiger partial charge in [-0.2, -0.15) is 0 Å². The van der Waals surface area contributed by atoms with Gasteiger partial charge in [0.05, 0.1) is 16.3 Å². The molecule has 1 N–H and O–H groups in total. The molecule has 0 bridgehead atoms. The lowest BCUT2D eigenvalue weighted by atomic mass is 10.4. The molecule has 1 aromatic rings. The number of aliphatic hydroxyl groups excluding tert-OH is 1. The van der Waals surface area contributed by atoms with Crippen molar-refractivity contribution in [2.24, 2.45) is 0 Å². The minimum Gasteiger partial charge on any atom is -0.384 e. The molecule has 1 rings (SSSR count). The van der Waals surface area contributed by atoms with E-state index in [1.165, 1.54) is 13.1 Å². The first-order valence-electron chi connectivity index (χ1n) is 4.77. The predicted molar refractivity (Wildman–Crippen MR) is 61.2 cm³/mol. The largest absolute Gasteiger partial charge is 0.384 e. The van der Waals surface area contributed by atoms with Gasteiger partial charge in [-0.1, -0.05) is 11.8 Å². The van der Waals surface area contributed by atoms with Crippen LogP contribution < -0.4 is 0 Å². The van der Waals surface area contributed by atoms with Crippen LogP contribution in [0.25, 0.3) is 0 Å². The number of alkyl halides is 2. The lowest BCUT2D eigenvalue weighted by Gasteiger charge is -2.14.